The van der Waals surface area contributed by atoms with Gasteiger partial charge in [0.15, 0.2) is 0 Å². The van der Waals surface area contributed by atoms with Crippen molar-refractivity contribution in [3.63, 3.8) is 0 Å². The van der Waals surface area contributed by atoms with Crippen LogP contribution in [0.2, 0.25) is 0 Å². The van der Waals surface area contributed by atoms with Crippen molar-refractivity contribution >= 4 is 13.3 Å². The molecule has 0 bridgehead atoms. The normalized spacial score (nSPS) is 10.4. The van der Waals surface area contributed by atoms with Gasteiger partial charge in [-0.05, 0) is 0 Å². The highest BCUT2D eigenvalue weighted by molar-refractivity contribution is 7.57. The Bertz CT molecular complexity index is 167. The standard InChI is InChI=1S/C5H9O3P/c1-4-5(6)8-9(2,3)7/h4H,1H2,2-3H3. The molecule has 0 aromatic rings. The van der Waals surface area contributed by atoms with E-state index in [1.165, 1.54) is 13.3 Å². The van der Waals surface area contributed by atoms with Gasteiger partial charge in [-0.25, -0.2) is 4.79 Å². The Morgan fingerprint density at radius 1 is 1.67 bits per heavy atom. The van der Waals surface area contributed by atoms with Crippen LogP contribution < -0.4 is 0 Å². The lowest BCUT2D eigenvalue weighted by Gasteiger charge is -2.03. The largest absolute Gasteiger partial charge is 0.409 e. The summed E-state index contributed by atoms with van der Waals surface area (Å²) in [5, 5.41) is 0. The molecule has 0 amide bonds. The van der Waals surface area contributed by atoms with Crippen LogP contribution in [-0.2, 0) is 13.9 Å². The summed E-state index contributed by atoms with van der Waals surface area (Å²) in [4.78, 5) is 10.3. The average Bonchev–Trinajstić information content (AvgIpc) is 1.62. The molecule has 9 heavy (non-hydrogen) atoms. The van der Waals surface area contributed by atoms with Crippen LogP contribution in [0.25, 0.3) is 0 Å². The predicted octanol–water partition coefficient (Wildman–Crippen LogP) is 1.25. The zero-order valence-electron chi connectivity index (χ0n) is 5.46. The molecule has 0 heterocycles. The average molecular weight is 148 g/mol. The molecule has 0 aliphatic carbocycles. The topological polar surface area (TPSA) is 43.4 Å². The Balaban J connectivity index is 3.89. The fourth-order valence-corrected chi connectivity index (χ4v) is 0.762. The van der Waals surface area contributed by atoms with Gasteiger partial charge >= 0.3 is 5.97 Å². The molecule has 3 nitrogen and oxygen atoms in total. The summed E-state index contributed by atoms with van der Waals surface area (Å²) in [6.45, 7) is 5.89. The smallest absolute Gasteiger partial charge is 0.335 e. The van der Waals surface area contributed by atoms with Crippen LogP contribution in [0.15, 0.2) is 12.7 Å². The molecule has 0 aromatic carbocycles. The Kier molecular flexibility index (Phi) is 2.65. The maximum Gasteiger partial charge on any atom is 0.335 e. The molecule has 0 unspecified atom stereocenters. The minimum absolute atomic E-state index is 0.636. The molecule has 4 heteroatoms. The minimum Gasteiger partial charge on any atom is -0.409 e. The van der Waals surface area contributed by atoms with Crippen LogP contribution >= 0.6 is 7.37 Å². The Morgan fingerprint density at radius 3 is 2.22 bits per heavy atom. The molecule has 52 valence electrons. The van der Waals surface area contributed by atoms with Crippen LogP contribution in [0.5, 0.6) is 0 Å². The fourth-order valence-electron chi connectivity index (χ4n) is 0.254. The molecule has 0 aliphatic heterocycles. The van der Waals surface area contributed by atoms with Crippen molar-refractivity contribution in [2.75, 3.05) is 13.3 Å². The third-order valence-corrected chi connectivity index (χ3v) is 1.10. The van der Waals surface area contributed by atoms with Crippen molar-refractivity contribution < 1.29 is 13.9 Å². The van der Waals surface area contributed by atoms with Crippen molar-refractivity contribution in [1.82, 2.24) is 0 Å². The molecule has 0 atom stereocenters. The first-order chi connectivity index (χ1) is 3.95. The van der Waals surface area contributed by atoms with E-state index in [2.05, 4.69) is 11.1 Å². The van der Waals surface area contributed by atoms with E-state index in [0.717, 1.165) is 6.08 Å². The summed E-state index contributed by atoms with van der Waals surface area (Å²) >= 11 is 0. The molecule has 0 radical (unpaired) electrons. The maximum absolute atomic E-state index is 10.7. The van der Waals surface area contributed by atoms with Gasteiger partial charge in [-0.1, -0.05) is 6.58 Å². The molecule has 0 saturated heterocycles. The second kappa shape index (κ2) is 2.83. The van der Waals surface area contributed by atoms with Crippen LogP contribution in [0.1, 0.15) is 0 Å². The number of rotatable bonds is 2. The molecular formula is C5H9O3P. The van der Waals surface area contributed by atoms with Crippen molar-refractivity contribution in [3.8, 4) is 0 Å². The number of carbonyl (C=O) groups is 1. The third-order valence-electron chi connectivity index (χ3n) is 0.476. The number of hydrogen-bond donors (Lipinski definition) is 0. The van der Waals surface area contributed by atoms with Crippen LogP contribution in [0, 0.1) is 0 Å². The molecular weight excluding hydrogens is 139 g/mol. The molecule has 0 rings (SSSR count). The monoisotopic (exact) mass is 148 g/mol. The molecule has 0 saturated carbocycles. The van der Waals surface area contributed by atoms with Crippen molar-refractivity contribution in [3.05, 3.63) is 12.7 Å². The Labute approximate surface area is 54.2 Å². The first kappa shape index (κ1) is 8.44. The van der Waals surface area contributed by atoms with Crippen molar-refractivity contribution in [2.45, 2.75) is 0 Å². The summed E-state index contributed by atoms with van der Waals surface area (Å²) in [6, 6.07) is 0. The SMILES string of the molecule is C=CC(=O)OP(C)(C)=O. The van der Waals surface area contributed by atoms with E-state index in [1.54, 1.807) is 0 Å². The van der Waals surface area contributed by atoms with Crippen LogP contribution in [0.4, 0.5) is 0 Å². The lowest BCUT2D eigenvalue weighted by Crippen LogP contribution is -1.95. The Morgan fingerprint density at radius 2 is 2.11 bits per heavy atom. The van der Waals surface area contributed by atoms with Gasteiger partial charge in [0.05, 0.1) is 0 Å². The summed E-state index contributed by atoms with van der Waals surface area (Å²) in [5.41, 5.74) is 0. The highest BCUT2D eigenvalue weighted by Gasteiger charge is 2.09. The summed E-state index contributed by atoms with van der Waals surface area (Å²) in [7, 11) is -2.66. The lowest BCUT2D eigenvalue weighted by molar-refractivity contribution is -0.128. The molecule has 0 N–H and O–H groups in total. The minimum atomic E-state index is -2.66. The zero-order valence-corrected chi connectivity index (χ0v) is 6.35. The van der Waals surface area contributed by atoms with E-state index in [-0.39, 0.29) is 0 Å². The lowest BCUT2D eigenvalue weighted by atomic mass is 10.7. The van der Waals surface area contributed by atoms with Crippen LogP contribution in [0.3, 0.4) is 0 Å². The molecule has 0 fully saturated rings. The summed E-state index contributed by atoms with van der Waals surface area (Å²) < 4.78 is 15.1. The van der Waals surface area contributed by atoms with Gasteiger partial charge in [-0.2, -0.15) is 0 Å². The summed E-state index contributed by atoms with van der Waals surface area (Å²) in [6.07, 6.45) is 0.986. The third kappa shape index (κ3) is 5.31. The second-order valence-corrected chi connectivity index (χ2v) is 4.55. The highest BCUT2D eigenvalue weighted by atomic mass is 31.2. The van der Waals surface area contributed by atoms with E-state index in [1.807, 2.05) is 0 Å². The van der Waals surface area contributed by atoms with Gasteiger partial charge in [0, 0.05) is 19.4 Å². The van der Waals surface area contributed by atoms with Gasteiger partial charge in [0.25, 0.3) is 0 Å². The maximum atomic E-state index is 10.7. The van der Waals surface area contributed by atoms with Gasteiger partial charge < -0.3 is 4.52 Å². The fraction of sp³-hybridized carbons (Fsp3) is 0.400. The predicted molar refractivity (Wildman–Crippen MR) is 35.7 cm³/mol. The van der Waals surface area contributed by atoms with Gasteiger partial charge in [0.2, 0.25) is 7.37 Å². The van der Waals surface area contributed by atoms with Crippen LogP contribution in [-0.4, -0.2) is 19.3 Å². The molecule has 0 aliphatic rings. The van der Waals surface area contributed by atoms with E-state index in [0.29, 0.717) is 0 Å². The van der Waals surface area contributed by atoms with E-state index < -0.39 is 13.3 Å². The second-order valence-electron chi connectivity index (χ2n) is 1.87. The zero-order chi connectivity index (χ0) is 7.49. The van der Waals surface area contributed by atoms with Gasteiger partial charge in [-0.15, -0.1) is 0 Å². The summed E-state index contributed by atoms with van der Waals surface area (Å²) in [5.74, 6) is -0.636. The molecule has 0 aromatic heterocycles. The Hall–Kier alpha value is -0.560. The van der Waals surface area contributed by atoms with E-state index >= 15 is 0 Å². The van der Waals surface area contributed by atoms with Gasteiger partial charge in [-0.3, -0.25) is 4.57 Å². The quantitative estimate of drug-likeness (QED) is 0.437. The number of carbonyl (C=O) groups excluding carboxylic acids is 1. The highest BCUT2D eigenvalue weighted by Crippen LogP contribution is 2.37. The number of hydrogen-bond acceptors (Lipinski definition) is 3. The molecule has 0 spiro atoms. The first-order valence-electron chi connectivity index (χ1n) is 2.36. The van der Waals surface area contributed by atoms with Gasteiger partial charge in [0.1, 0.15) is 0 Å². The van der Waals surface area contributed by atoms with E-state index in [4.69, 9.17) is 0 Å². The van der Waals surface area contributed by atoms with Crippen molar-refractivity contribution in [2.24, 2.45) is 0 Å². The van der Waals surface area contributed by atoms with E-state index in [9.17, 15) is 9.36 Å². The first-order valence-corrected chi connectivity index (χ1v) is 4.88. The van der Waals surface area contributed by atoms with Crippen molar-refractivity contribution in [1.29, 1.82) is 0 Å².